The van der Waals surface area contributed by atoms with Gasteiger partial charge in [0.05, 0.1) is 17.8 Å². The van der Waals surface area contributed by atoms with Crippen molar-refractivity contribution >= 4 is 5.97 Å². The van der Waals surface area contributed by atoms with Crippen LogP contribution in [-0.4, -0.2) is 24.8 Å². The highest BCUT2D eigenvalue weighted by Gasteiger charge is 2.13. The van der Waals surface area contributed by atoms with Crippen molar-refractivity contribution in [1.82, 2.24) is 0 Å². The molecule has 0 saturated heterocycles. The van der Waals surface area contributed by atoms with E-state index in [4.69, 9.17) is 9.47 Å². The highest BCUT2D eigenvalue weighted by molar-refractivity contribution is 5.89. The molecule has 4 heteroatoms. The Labute approximate surface area is 101 Å². The van der Waals surface area contributed by atoms with Crippen LogP contribution in [-0.2, 0) is 9.47 Å². The molecule has 0 radical (unpaired) electrons. The van der Waals surface area contributed by atoms with Gasteiger partial charge in [0.1, 0.15) is 12.4 Å². The third kappa shape index (κ3) is 4.95. The molecule has 0 heterocycles. The molecule has 0 aliphatic heterocycles. The fourth-order valence-corrected chi connectivity index (χ4v) is 1.19. The topological polar surface area (TPSA) is 35.5 Å². The lowest BCUT2D eigenvalue weighted by molar-refractivity contribution is -0.0282. The predicted molar refractivity (Wildman–Crippen MR) is 62.4 cm³/mol. The first-order valence-electron chi connectivity index (χ1n) is 5.46. The van der Waals surface area contributed by atoms with Gasteiger partial charge in [-0.15, -0.1) is 0 Å². The van der Waals surface area contributed by atoms with E-state index in [0.29, 0.717) is 6.61 Å². The summed E-state index contributed by atoms with van der Waals surface area (Å²) in [6.07, 6.45) is 0. The number of ether oxygens (including phenoxy) is 2. The van der Waals surface area contributed by atoms with E-state index >= 15 is 0 Å². The third-order valence-corrected chi connectivity index (χ3v) is 1.95. The molecule has 0 aromatic heterocycles. The van der Waals surface area contributed by atoms with Gasteiger partial charge in [-0.2, -0.15) is 0 Å². The van der Waals surface area contributed by atoms with Crippen molar-refractivity contribution in [2.24, 2.45) is 0 Å². The van der Waals surface area contributed by atoms with Crippen molar-refractivity contribution in [3.8, 4) is 0 Å². The van der Waals surface area contributed by atoms with Gasteiger partial charge in [-0.3, -0.25) is 0 Å². The zero-order valence-electron chi connectivity index (χ0n) is 10.3. The highest BCUT2D eigenvalue weighted by atomic mass is 19.1. The molecule has 1 aromatic rings. The van der Waals surface area contributed by atoms with Crippen molar-refractivity contribution in [1.29, 1.82) is 0 Å². The summed E-state index contributed by atoms with van der Waals surface area (Å²) in [5, 5.41) is 0. The van der Waals surface area contributed by atoms with Crippen LogP contribution in [0.5, 0.6) is 0 Å². The molecule has 3 nitrogen and oxygen atoms in total. The van der Waals surface area contributed by atoms with Crippen LogP contribution in [0.25, 0.3) is 0 Å². The Balaban J connectivity index is 2.39. The number of hydrogen-bond donors (Lipinski definition) is 0. The van der Waals surface area contributed by atoms with E-state index in [1.807, 2.05) is 20.8 Å². The standard InChI is InChI=1S/C13H17FO3/c1-13(2,3)17-9-8-16-12(15)10-6-4-5-7-11(10)14/h4-7H,8-9H2,1-3H3. The van der Waals surface area contributed by atoms with E-state index in [2.05, 4.69) is 0 Å². The Morgan fingerprint density at radius 2 is 1.88 bits per heavy atom. The minimum absolute atomic E-state index is 0.0525. The molecule has 0 N–H and O–H groups in total. The first-order chi connectivity index (χ1) is 7.90. The molecule has 0 aliphatic carbocycles. The quantitative estimate of drug-likeness (QED) is 0.599. The molecule has 1 aromatic carbocycles. The Hall–Kier alpha value is -1.42. The van der Waals surface area contributed by atoms with Crippen LogP contribution < -0.4 is 0 Å². The van der Waals surface area contributed by atoms with Crippen LogP contribution in [0.2, 0.25) is 0 Å². The largest absolute Gasteiger partial charge is 0.460 e. The van der Waals surface area contributed by atoms with Gasteiger partial charge in [-0.1, -0.05) is 12.1 Å². The van der Waals surface area contributed by atoms with Gasteiger partial charge in [0, 0.05) is 0 Å². The van der Waals surface area contributed by atoms with Gasteiger partial charge in [0.15, 0.2) is 0 Å². The maximum absolute atomic E-state index is 13.2. The minimum Gasteiger partial charge on any atom is -0.460 e. The molecular weight excluding hydrogens is 223 g/mol. The molecule has 0 amide bonds. The molecule has 0 bridgehead atoms. The molecule has 1 rings (SSSR count). The number of rotatable bonds is 4. The van der Waals surface area contributed by atoms with Gasteiger partial charge in [-0.05, 0) is 32.9 Å². The summed E-state index contributed by atoms with van der Waals surface area (Å²) < 4.78 is 23.5. The maximum atomic E-state index is 13.2. The number of benzene rings is 1. The summed E-state index contributed by atoms with van der Waals surface area (Å²) in [6, 6.07) is 5.73. The second-order valence-corrected chi connectivity index (χ2v) is 4.58. The van der Waals surface area contributed by atoms with E-state index in [0.717, 1.165) is 0 Å². The zero-order valence-corrected chi connectivity index (χ0v) is 10.3. The van der Waals surface area contributed by atoms with Crippen molar-refractivity contribution in [2.75, 3.05) is 13.2 Å². The van der Waals surface area contributed by atoms with Crippen molar-refractivity contribution in [3.05, 3.63) is 35.6 Å². The van der Waals surface area contributed by atoms with Crippen LogP contribution >= 0.6 is 0 Å². The smallest absolute Gasteiger partial charge is 0.341 e. The average Bonchev–Trinajstić information content (AvgIpc) is 2.23. The van der Waals surface area contributed by atoms with Crippen molar-refractivity contribution < 1.29 is 18.7 Å². The van der Waals surface area contributed by atoms with Gasteiger partial charge in [0.25, 0.3) is 0 Å². The fraction of sp³-hybridized carbons (Fsp3) is 0.462. The predicted octanol–water partition coefficient (Wildman–Crippen LogP) is 2.80. The lowest BCUT2D eigenvalue weighted by Gasteiger charge is -2.19. The summed E-state index contributed by atoms with van der Waals surface area (Å²) in [5.74, 6) is -1.24. The average molecular weight is 240 g/mol. The molecular formula is C13H17FO3. The number of carbonyl (C=O) groups is 1. The third-order valence-electron chi connectivity index (χ3n) is 1.95. The highest BCUT2D eigenvalue weighted by Crippen LogP contribution is 2.09. The Morgan fingerprint density at radius 3 is 2.47 bits per heavy atom. The number of carbonyl (C=O) groups excluding carboxylic acids is 1. The van der Waals surface area contributed by atoms with Gasteiger partial charge >= 0.3 is 5.97 Å². The molecule has 17 heavy (non-hydrogen) atoms. The lowest BCUT2D eigenvalue weighted by atomic mass is 10.2. The summed E-state index contributed by atoms with van der Waals surface area (Å²) in [7, 11) is 0. The lowest BCUT2D eigenvalue weighted by Crippen LogP contribution is -2.22. The Morgan fingerprint density at radius 1 is 1.24 bits per heavy atom. The first-order valence-corrected chi connectivity index (χ1v) is 5.46. The molecule has 0 saturated carbocycles. The van der Waals surface area contributed by atoms with E-state index in [-0.39, 0.29) is 17.8 Å². The van der Waals surface area contributed by atoms with Crippen molar-refractivity contribution in [2.45, 2.75) is 26.4 Å². The van der Waals surface area contributed by atoms with Crippen LogP contribution in [0.15, 0.2) is 24.3 Å². The van der Waals surface area contributed by atoms with Gasteiger partial charge < -0.3 is 9.47 Å². The maximum Gasteiger partial charge on any atom is 0.341 e. The summed E-state index contributed by atoms with van der Waals surface area (Å²) in [4.78, 5) is 11.5. The second kappa shape index (κ2) is 5.77. The Bertz CT molecular complexity index is 382. The van der Waals surface area contributed by atoms with Crippen LogP contribution in [0.4, 0.5) is 4.39 Å². The van der Waals surface area contributed by atoms with Gasteiger partial charge in [-0.25, -0.2) is 9.18 Å². The molecule has 0 unspecified atom stereocenters. The molecule has 0 spiro atoms. The summed E-state index contributed by atoms with van der Waals surface area (Å²) in [5.41, 5.74) is -0.326. The monoisotopic (exact) mass is 240 g/mol. The first kappa shape index (κ1) is 13.6. The molecule has 94 valence electrons. The SMILES string of the molecule is CC(C)(C)OCCOC(=O)c1ccccc1F. The molecule has 0 fully saturated rings. The molecule has 0 aliphatic rings. The van der Waals surface area contributed by atoms with Crippen LogP contribution in [0.3, 0.4) is 0 Å². The van der Waals surface area contributed by atoms with Gasteiger partial charge in [0.2, 0.25) is 0 Å². The summed E-state index contributed by atoms with van der Waals surface area (Å²) in [6.45, 7) is 6.14. The molecule has 0 atom stereocenters. The number of esters is 1. The zero-order chi connectivity index (χ0) is 12.9. The minimum atomic E-state index is -0.666. The van der Waals surface area contributed by atoms with Crippen molar-refractivity contribution in [3.63, 3.8) is 0 Å². The Kier molecular flexibility index (Phi) is 4.63. The van der Waals surface area contributed by atoms with E-state index < -0.39 is 11.8 Å². The van der Waals surface area contributed by atoms with E-state index in [1.165, 1.54) is 18.2 Å². The fourth-order valence-electron chi connectivity index (χ4n) is 1.19. The van der Waals surface area contributed by atoms with E-state index in [1.54, 1.807) is 6.07 Å². The normalized spacial score (nSPS) is 11.3. The number of halogens is 1. The van der Waals surface area contributed by atoms with Crippen LogP contribution in [0.1, 0.15) is 31.1 Å². The second-order valence-electron chi connectivity index (χ2n) is 4.58. The van der Waals surface area contributed by atoms with Crippen LogP contribution in [0, 0.1) is 5.82 Å². The summed E-state index contributed by atoms with van der Waals surface area (Å²) >= 11 is 0. The number of hydrogen-bond acceptors (Lipinski definition) is 3. The van der Waals surface area contributed by atoms with E-state index in [9.17, 15) is 9.18 Å².